The summed E-state index contributed by atoms with van der Waals surface area (Å²) in [5.74, 6) is -0.615. The first-order chi connectivity index (χ1) is 12.6. The van der Waals surface area contributed by atoms with Crippen LogP contribution in [-0.2, 0) is 6.54 Å². The molecule has 0 aliphatic heterocycles. The van der Waals surface area contributed by atoms with Crippen LogP contribution >= 0.6 is 0 Å². The predicted octanol–water partition coefficient (Wildman–Crippen LogP) is 3.83. The van der Waals surface area contributed by atoms with Crippen molar-refractivity contribution in [1.82, 2.24) is 4.98 Å². The summed E-state index contributed by atoms with van der Waals surface area (Å²) in [6.45, 7) is 0.461. The van der Waals surface area contributed by atoms with E-state index in [-0.39, 0.29) is 11.3 Å². The number of aromatic nitrogens is 1. The third-order valence-electron chi connectivity index (χ3n) is 3.94. The lowest BCUT2D eigenvalue weighted by atomic mass is 10.1. The van der Waals surface area contributed by atoms with E-state index in [9.17, 15) is 15.0 Å². The molecule has 0 radical (unpaired) electrons. The van der Waals surface area contributed by atoms with E-state index in [1.54, 1.807) is 42.7 Å². The molecule has 0 fully saturated rings. The van der Waals surface area contributed by atoms with Crippen LogP contribution < -0.4 is 9.64 Å². The molecule has 0 unspecified atom stereocenters. The Bertz CT molecular complexity index is 913. The van der Waals surface area contributed by atoms with Crippen molar-refractivity contribution in [3.8, 4) is 11.5 Å². The third kappa shape index (κ3) is 3.75. The molecule has 1 heterocycles. The fraction of sp³-hybridized carbons (Fsp3) is 0.100. The van der Waals surface area contributed by atoms with Gasteiger partial charge in [-0.1, -0.05) is 12.1 Å². The fourth-order valence-electron chi connectivity index (χ4n) is 2.66. The number of benzene rings is 2. The van der Waals surface area contributed by atoms with Crippen molar-refractivity contribution in [2.75, 3.05) is 12.0 Å². The largest absolute Gasteiger partial charge is 0.504 e. The second kappa shape index (κ2) is 7.57. The molecule has 3 aromatic rings. The van der Waals surface area contributed by atoms with Crippen molar-refractivity contribution in [3.63, 3.8) is 0 Å². The molecule has 0 atom stereocenters. The van der Waals surface area contributed by atoms with Crippen LogP contribution in [0.2, 0.25) is 0 Å². The van der Waals surface area contributed by atoms with Crippen molar-refractivity contribution < 1.29 is 19.7 Å². The van der Waals surface area contributed by atoms with Gasteiger partial charge >= 0.3 is 5.97 Å². The second-order valence-corrected chi connectivity index (χ2v) is 5.66. The molecule has 2 aromatic carbocycles. The molecule has 132 valence electrons. The molecule has 0 bridgehead atoms. The molecule has 0 aliphatic carbocycles. The van der Waals surface area contributed by atoms with Crippen LogP contribution in [-0.4, -0.2) is 28.3 Å². The lowest BCUT2D eigenvalue weighted by Crippen LogP contribution is -2.17. The molecule has 0 aliphatic rings. The Morgan fingerprint density at radius 1 is 1.12 bits per heavy atom. The summed E-state index contributed by atoms with van der Waals surface area (Å²) in [6.07, 6.45) is 3.44. The molecular formula is C20H18N2O4. The number of methoxy groups -OCH3 is 1. The molecule has 3 rings (SSSR count). The Morgan fingerprint density at radius 3 is 2.58 bits per heavy atom. The van der Waals surface area contributed by atoms with Gasteiger partial charge in [0.05, 0.1) is 12.7 Å². The highest BCUT2D eigenvalue weighted by Gasteiger charge is 2.15. The van der Waals surface area contributed by atoms with Crippen LogP contribution in [0.4, 0.5) is 11.4 Å². The van der Waals surface area contributed by atoms with Crippen molar-refractivity contribution in [3.05, 3.63) is 78.1 Å². The van der Waals surface area contributed by atoms with Gasteiger partial charge in [-0.2, -0.15) is 0 Å². The number of ether oxygens (including phenoxy) is 1. The van der Waals surface area contributed by atoms with E-state index in [1.165, 1.54) is 7.11 Å². The van der Waals surface area contributed by atoms with Gasteiger partial charge in [0.2, 0.25) is 0 Å². The van der Waals surface area contributed by atoms with Gasteiger partial charge in [0.1, 0.15) is 0 Å². The topological polar surface area (TPSA) is 82.9 Å². The van der Waals surface area contributed by atoms with Crippen molar-refractivity contribution in [2.24, 2.45) is 0 Å². The number of hydrogen-bond donors (Lipinski definition) is 2. The first kappa shape index (κ1) is 17.3. The zero-order chi connectivity index (χ0) is 18.5. The van der Waals surface area contributed by atoms with Gasteiger partial charge in [-0.3, -0.25) is 4.98 Å². The number of carboxylic acid groups (broad SMARTS) is 1. The van der Waals surface area contributed by atoms with Gasteiger partial charge in [0, 0.05) is 36.4 Å². The Kier molecular flexibility index (Phi) is 5.03. The van der Waals surface area contributed by atoms with E-state index in [2.05, 4.69) is 4.98 Å². The number of carboxylic acids is 1. The molecule has 0 amide bonds. The quantitative estimate of drug-likeness (QED) is 0.703. The molecular weight excluding hydrogens is 332 g/mol. The minimum atomic E-state index is -0.995. The number of nitrogens with zero attached hydrogens (tertiary/aromatic N) is 2. The van der Waals surface area contributed by atoms with Crippen LogP contribution in [0.1, 0.15) is 15.9 Å². The molecule has 6 heteroatoms. The number of aromatic hydroxyl groups is 1. The second-order valence-electron chi connectivity index (χ2n) is 5.66. The molecule has 0 saturated heterocycles. The number of phenolic OH excluding ortho intramolecular Hbond substituents is 1. The molecule has 1 aromatic heterocycles. The summed E-state index contributed by atoms with van der Waals surface area (Å²) < 4.78 is 5.10. The Balaban J connectivity index is 2.06. The third-order valence-corrected chi connectivity index (χ3v) is 3.94. The summed E-state index contributed by atoms with van der Waals surface area (Å²) in [5, 5.41) is 19.4. The van der Waals surface area contributed by atoms with Crippen molar-refractivity contribution >= 4 is 17.3 Å². The van der Waals surface area contributed by atoms with Gasteiger partial charge < -0.3 is 19.8 Å². The van der Waals surface area contributed by atoms with E-state index < -0.39 is 5.97 Å². The molecule has 0 spiro atoms. The summed E-state index contributed by atoms with van der Waals surface area (Å²) in [5.41, 5.74) is 2.54. The van der Waals surface area contributed by atoms with Crippen molar-refractivity contribution in [1.29, 1.82) is 0 Å². The number of hydrogen-bond acceptors (Lipinski definition) is 5. The standard InChI is InChI=1S/C20H18N2O4/c1-26-19-8-7-17(11-18(19)23)22(13-14-4-3-9-21-12-14)16-6-2-5-15(10-16)20(24)25/h2-12,23H,13H2,1H3,(H,24,25). The lowest BCUT2D eigenvalue weighted by molar-refractivity contribution is 0.0697. The van der Waals surface area contributed by atoms with Gasteiger partial charge in [0.25, 0.3) is 0 Å². The Labute approximate surface area is 150 Å². The zero-order valence-electron chi connectivity index (χ0n) is 14.2. The van der Waals surface area contributed by atoms with Gasteiger partial charge in [-0.05, 0) is 42.0 Å². The number of aromatic carboxylic acids is 1. The average Bonchev–Trinajstić information content (AvgIpc) is 2.67. The van der Waals surface area contributed by atoms with E-state index in [0.29, 0.717) is 23.7 Å². The Hall–Kier alpha value is -3.54. The highest BCUT2D eigenvalue weighted by molar-refractivity contribution is 5.89. The number of phenols is 1. The highest BCUT2D eigenvalue weighted by atomic mass is 16.5. The summed E-state index contributed by atoms with van der Waals surface area (Å²) in [7, 11) is 1.48. The zero-order valence-corrected chi connectivity index (χ0v) is 14.2. The van der Waals surface area contributed by atoms with Crippen LogP contribution in [0.15, 0.2) is 67.0 Å². The maximum absolute atomic E-state index is 11.3. The number of rotatable bonds is 6. The van der Waals surface area contributed by atoms with Crippen LogP contribution in [0, 0.1) is 0 Å². The maximum Gasteiger partial charge on any atom is 0.335 e. The van der Waals surface area contributed by atoms with Gasteiger partial charge in [-0.25, -0.2) is 4.79 Å². The van der Waals surface area contributed by atoms with Crippen LogP contribution in [0.5, 0.6) is 11.5 Å². The minimum Gasteiger partial charge on any atom is -0.504 e. The summed E-state index contributed by atoms with van der Waals surface area (Å²) >= 11 is 0. The molecule has 0 saturated carbocycles. The van der Waals surface area contributed by atoms with Crippen LogP contribution in [0.25, 0.3) is 0 Å². The maximum atomic E-state index is 11.3. The summed E-state index contributed by atoms with van der Waals surface area (Å²) in [6, 6.07) is 15.5. The number of pyridine rings is 1. The predicted molar refractivity (Wildman–Crippen MR) is 98.1 cm³/mol. The van der Waals surface area contributed by atoms with Crippen LogP contribution in [0.3, 0.4) is 0 Å². The van der Waals surface area contributed by atoms with E-state index in [0.717, 1.165) is 5.56 Å². The monoisotopic (exact) mass is 350 g/mol. The average molecular weight is 350 g/mol. The summed E-state index contributed by atoms with van der Waals surface area (Å²) in [4.78, 5) is 17.4. The lowest BCUT2D eigenvalue weighted by Gasteiger charge is -2.26. The number of carbonyl (C=O) groups is 1. The SMILES string of the molecule is COc1ccc(N(Cc2cccnc2)c2cccc(C(=O)O)c2)cc1O. The number of anilines is 2. The van der Waals surface area contributed by atoms with Gasteiger partial charge in [0.15, 0.2) is 11.5 Å². The smallest absolute Gasteiger partial charge is 0.335 e. The highest BCUT2D eigenvalue weighted by Crippen LogP contribution is 2.35. The van der Waals surface area contributed by atoms with Gasteiger partial charge in [-0.15, -0.1) is 0 Å². The Morgan fingerprint density at radius 2 is 1.92 bits per heavy atom. The van der Waals surface area contributed by atoms with E-state index in [4.69, 9.17) is 4.74 Å². The molecule has 2 N–H and O–H groups in total. The van der Waals surface area contributed by atoms with E-state index >= 15 is 0 Å². The fourth-order valence-corrected chi connectivity index (χ4v) is 2.66. The normalized spacial score (nSPS) is 10.3. The molecule has 26 heavy (non-hydrogen) atoms. The minimum absolute atomic E-state index is 0.00979. The van der Waals surface area contributed by atoms with E-state index in [1.807, 2.05) is 29.2 Å². The van der Waals surface area contributed by atoms with Crippen molar-refractivity contribution in [2.45, 2.75) is 6.54 Å². The first-order valence-electron chi connectivity index (χ1n) is 7.95. The molecule has 6 nitrogen and oxygen atoms in total. The first-order valence-corrected chi connectivity index (χ1v) is 7.95.